The monoisotopic (exact) mass is 227 g/mol. The molecule has 0 radical (unpaired) electrons. The second kappa shape index (κ2) is 4.29. The summed E-state index contributed by atoms with van der Waals surface area (Å²) in [7, 11) is 1.85. The Morgan fingerprint density at radius 1 is 1.47 bits per heavy atom. The highest BCUT2D eigenvalue weighted by Gasteiger charge is 2.38. The lowest BCUT2D eigenvalue weighted by Crippen LogP contribution is -2.51. The minimum absolute atomic E-state index is 0.444. The average molecular weight is 228 g/mol. The van der Waals surface area contributed by atoms with E-state index in [9.17, 15) is 0 Å². The Hall–Kier alpha value is -0.930. The van der Waals surface area contributed by atoms with E-state index in [1.165, 1.54) is 0 Å². The minimum atomic E-state index is -0.601. The summed E-state index contributed by atoms with van der Waals surface area (Å²) in [4.78, 5) is 0. The fraction of sp³-hybridized carbons (Fsp3) is 0.455. The fourth-order valence-electron chi connectivity index (χ4n) is 1.85. The third-order valence-electron chi connectivity index (χ3n) is 2.71. The minimum Gasteiger partial charge on any atom is -0.492 e. The molecule has 0 amide bonds. The molecule has 0 aromatic rings. The quantitative estimate of drug-likeness (QED) is 0.785. The molecular formula is C11H14ClNO2. The molecular weight excluding hydrogens is 214 g/mol. The molecule has 0 saturated carbocycles. The van der Waals surface area contributed by atoms with E-state index in [4.69, 9.17) is 21.1 Å². The van der Waals surface area contributed by atoms with E-state index in [0.717, 1.165) is 23.4 Å². The van der Waals surface area contributed by atoms with Gasteiger partial charge < -0.3 is 9.47 Å². The van der Waals surface area contributed by atoms with E-state index in [1.54, 1.807) is 12.5 Å². The van der Waals surface area contributed by atoms with Crippen LogP contribution in [0.15, 0.2) is 35.3 Å². The van der Waals surface area contributed by atoms with E-state index in [0.29, 0.717) is 6.61 Å². The lowest BCUT2D eigenvalue weighted by atomic mass is 9.94. The van der Waals surface area contributed by atoms with Crippen molar-refractivity contribution in [1.29, 1.82) is 0 Å². The van der Waals surface area contributed by atoms with E-state index in [2.05, 4.69) is 11.4 Å². The van der Waals surface area contributed by atoms with Crippen molar-refractivity contribution in [3.05, 3.63) is 35.3 Å². The lowest BCUT2D eigenvalue weighted by Gasteiger charge is -2.37. The highest BCUT2D eigenvalue weighted by atomic mass is 35.5. The standard InChI is InChI=1S/C11H14ClNO2/c1-13-11(8-14-6-7-15-11)9-4-2-3-5-10(9)12/h3,5-7,13H,2,4,8H2,1H3. The number of ether oxygens (including phenoxy) is 2. The van der Waals surface area contributed by atoms with Gasteiger partial charge in [-0.15, -0.1) is 0 Å². The van der Waals surface area contributed by atoms with Gasteiger partial charge >= 0.3 is 0 Å². The molecule has 1 unspecified atom stereocenters. The smallest absolute Gasteiger partial charge is 0.218 e. The van der Waals surface area contributed by atoms with Crippen LogP contribution in [0.3, 0.4) is 0 Å². The van der Waals surface area contributed by atoms with Crippen LogP contribution in [0.25, 0.3) is 0 Å². The summed E-state index contributed by atoms with van der Waals surface area (Å²) >= 11 is 6.18. The molecule has 3 nitrogen and oxygen atoms in total. The van der Waals surface area contributed by atoms with Gasteiger partial charge in [0.25, 0.3) is 0 Å². The summed E-state index contributed by atoms with van der Waals surface area (Å²) in [5.74, 6) is 0. The van der Waals surface area contributed by atoms with Crippen molar-refractivity contribution in [3.8, 4) is 0 Å². The summed E-state index contributed by atoms with van der Waals surface area (Å²) in [5.41, 5.74) is 0.454. The zero-order valence-electron chi connectivity index (χ0n) is 8.63. The Labute approximate surface area is 94.4 Å². The summed E-state index contributed by atoms with van der Waals surface area (Å²) in [5, 5.41) is 3.89. The topological polar surface area (TPSA) is 30.5 Å². The summed E-state index contributed by atoms with van der Waals surface area (Å²) < 4.78 is 10.9. The van der Waals surface area contributed by atoms with Crippen LogP contribution in [0.4, 0.5) is 0 Å². The van der Waals surface area contributed by atoms with Crippen molar-refractivity contribution in [2.75, 3.05) is 13.7 Å². The Morgan fingerprint density at radius 3 is 2.93 bits per heavy atom. The molecule has 2 rings (SSSR count). The number of hydrogen-bond donors (Lipinski definition) is 1. The Balaban J connectivity index is 2.33. The summed E-state index contributed by atoms with van der Waals surface area (Å²) in [6.45, 7) is 0.444. The van der Waals surface area contributed by atoms with Crippen LogP contribution in [0.2, 0.25) is 0 Å². The second-order valence-electron chi connectivity index (χ2n) is 3.55. The van der Waals surface area contributed by atoms with Crippen molar-refractivity contribution in [1.82, 2.24) is 5.32 Å². The van der Waals surface area contributed by atoms with Crippen molar-refractivity contribution in [3.63, 3.8) is 0 Å². The molecule has 4 heteroatoms. The predicted molar refractivity (Wildman–Crippen MR) is 59.2 cm³/mol. The maximum Gasteiger partial charge on any atom is 0.218 e. The molecule has 0 aromatic heterocycles. The SMILES string of the molecule is CNC1(C2=C(Cl)C=CCC2)COC=CO1. The number of halogens is 1. The zero-order chi connectivity index (χ0) is 10.7. The number of likely N-dealkylation sites (N-methyl/N-ethyl adjacent to an activating group) is 1. The number of allylic oxidation sites excluding steroid dienone is 3. The highest BCUT2D eigenvalue weighted by Crippen LogP contribution is 2.33. The molecule has 1 aliphatic carbocycles. The van der Waals surface area contributed by atoms with Gasteiger partial charge in [-0.25, -0.2) is 0 Å². The van der Waals surface area contributed by atoms with Crippen LogP contribution in [-0.2, 0) is 9.47 Å². The van der Waals surface area contributed by atoms with Gasteiger partial charge in [-0.05, 0) is 26.0 Å². The van der Waals surface area contributed by atoms with E-state index < -0.39 is 5.72 Å². The molecule has 0 bridgehead atoms. The molecule has 15 heavy (non-hydrogen) atoms. The molecule has 1 aliphatic heterocycles. The van der Waals surface area contributed by atoms with E-state index in [1.807, 2.05) is 13.1 Å². The first-order chi connectivity index (χ1) is 7.28. The third kappa shape index (κ3) is 1.90. The second-order valence-corrected chi connectivity index (χ2v) is 3.95. The van der Waals surface area contributed by atoms with Crippen LogP contribution in [0.5, 0.6) is 0 Å². The zero-order valence-corrected chi connectivity index (χ0v) is 9.38. The van der Waals surface area contributed by atoms with Crippen molar-refractivity contribution in [2.45, 2.75) is 18.6 Å². The Morgan fingerprint density at radius 2 is 2.33 bits per heavy atom. The maximum atomic E-state index is 6.18. The van der Waals surface area contributed by atoms with E-state index >= 15 is 0 Å². The first kappa shape index (κ1) is 10.6. The van der Waals surface area contributed by atoms with Crippen LogP contribution in [0, 0.1) is 0 Å². The van der Waals surface area contributed by atoms with Gasteiger partial charge in [0.2, 0.25) is 5.72 Å². The molecule has 1 heterocycles. The molecule has 82 valence electrons. The number of nitrogens with one attached hydrogen (secondary N) is 1. The molecule has 0 aromatic carbocycles. The first-order valence-corrected chi connectivity index (χ1v) is 5.35. The lowest BCUT2D eigenvalue weighted by molar-refractivity contribution is -0.0525. The normalized spacial score (nSPS) is 30.0. The Kier molecular flexibility index (Phi) is 3.03. The summed E-state index contributed by atoms with van der Waals surface area (Å²) in [6, 6.07) is 0. The van der Waals surface area contributed by atoms with Crippen LogP contribution < -0.4 is 5.32 Å². The molecule has 1 N–H and O–H groups in total. The van der Waals surface area contributed by atoms with Gasteiger partial charge in [0.15, 0.2) is 0 Å². The number of hydrogen-bond acceptors (Lipinski definition) is 3. The summed E-state index contributed by atoms with van der Waals surface area (Å²) in [6.07, 6.45) is 8.96. The van der Waals surface area contributed by atoms with Gasteiger partial charge in [-0.2, -0.15) is 0 Å². The van der Waals surface area contributed by atoms with Gasteiger partial charge in [-0.1, -0.05) is 17.7 Å². The molecule has 2 aliphatic rings. The molecule has 0 spiro atoms. The van der Waals surface area contributed by atoms with Gasteiger partial charge in [0.1, 0.15) is 19.1 Å². The van der Waals surface area contributed by atoms with Gasteiger partial charge in [0.05, 0.1) is 0 Å². The van der Waals surface area contributed by atoms with Crippen molar-refractivity contribution in [2.24, 2.45) is 0 Å². The van der Waals surface area contributed by atoms with E-state index in [-0.39, 0.29) is 0 Å². The molecule has 0 saturated heterocycles. The van der Waals surface area contributed by atoms with Crippen molar-refractivity contribution < 1.29 is 9.47 Å². The Bertz CT molecular complexity index is 335. The fourth-order valence-corrected chi connectivity index (χ4v) is 2.19. The molecule has 1 atom stereocenters. The maximum absolute atomic E-state index is 6.18. The molecule has 0 fully saturated rings. The first-order valence-electron chi connectivity index (χ1n) is 4.97. The van der Waals surface area contributed by atoms with Gasteiger partial charge in [0, 0.05) is 10.6 Å². The number of rotatable bonds is 2. The van der Waals surface area contributed by atoms with Crippen molar-refractivity contribution >= 4 is 11.6 Å². The van der Waals surface area contributed by atoms with Crippen LogP contribution in [0.1, 0.15) is 12.8 Å². The highest BCUT2D eigenvalue weighted by molar-refractivity contribution is 6.31. The third-order valence-corrected chi connectivity index (χ3v) is 3.07. The largest absolute Gasteiger partial charge is 0.492 e. The van der Waals surface area contributed by atoms with Crippen LogP contribution >= 0.6 is 11.6 Å². The predicted octanol–water partition coefficient (Wildman–Crippen LogP) is 2.26. The van der Waals surface area contributed by atoms with Crippen LogP contribution in [-0.4, -0.2) is 19.4 Å². The average Bonchev–Trinajstić information content (AvgIpc) is 2.30. The van der Waals surface area contributed by atoms with Gasteiger partial charge in [-0.3, -0.25) is 5.32 Å².